The second kappa shape index (κ2) is 6.29. The van der Waals surface area contributed by atoms with Crippen LogP contribution in [0.15, 0.2) is 0 Å². The van der Waals surface area contributed by atoms with Crippen LogP contribution >= 0.6 is 0 Å². The summed E-state index contributed by atoms with van der Waals surface area (Å²) in [6, 6.07) is -1.07. The topological polar surface area (TPSA) is 108 Å². The average molecular weight is 230 g/mol. The van der Waals surface area contributed by atoms with Crippen molar-refractivity contribution in [1.29, 1.82) is 0 Å². The van der Waals surface area contributed by atoms with E-state index >= 15 is 0 Å². The minimum Gasteiger partial charge on any atom is -0.480 e. The first-order chi connectivity index (χ1) is 7.61. The molecule has 0 bridgehead atoms. The van der Waals surface area contributed by atoms with Crippen LogP contribution in [0.3, 0.4) is 0 Å². The molecule has 7 heteroatoms. The zero-order valence-corrected chi connectivity index (χ0v) is 9.11. The molecule has 1 atom stereocenters. The van der Waals surface area contributed by atoms with E-state index in [1.807, 2.05) is 0 Å². The number of nitrogens with two attached hydrogens (primary N) is 1. The fourth-order valence-corrected chi connectivity index (χ4v) is 1.44. The van der Waals surface area contributed by atoms with Crippen LogP contribution in [-0.2, 0) is 4.79 Å². The van der Waals surface area contributed by atoms with Gasteiger partial charge < -0.3 is 26.4 Å². The number of hydrogen-bond acceptors (Lipinski definition) is 4. The van der Waals surface area contributed by atoms with E-state index in [-0.39, 0.29) is 19.0 Å². The standard InChI is InChI=1S/C9H18N4O3/c10-7(8(14)15)1-2-12-9(16)13-5-3-11-4-6-13/h7,11H,1-6,10H2,(H,12,16)(H,14,15). The van der Waals surface area contributed by atoms with Gasteiger partial charge in [-0.15, -0.1) is 0 Å². The second-order valence-corrected chi connectivity index (χ2v) is 3.70. The quantitative estimate of drug-likeness (QED) is 0.465. The molecule has 1 heterocycles. The number of hydrogen-bond donors (Lipinski definition) is 4. The number of amides is 2. The van der Waals surface area contributed by atoms with Gasteiger partial charge in [-0.3, -0.25) is 4.79 Å². The van der Waals surface area contributed by atoms with E-state index in [0.717, 1.165) is 13.1 Å². The Hall–Kier alpha value is -1.34. The lowest BCUT2D eigenvalue weighted by atomic mass is 10.2. The SMILES string of the molecule is NC(CCNC(=O)N1CCNCC1)C(=O)O. The first kappa shape index (κ1) is 12.7. The maximum Gasteiger partial charge on any atom is 0.320 e. The lowest BCUT2D eigenvalue weighted by Crippen LogP contribution is -2.50. The molecule has 0 aromatic heterocycles. The molecule has 5 N–H and O–H groups in total. The van der Waals surface area contributed by atoms with E-state index in [9.17, 15) is 9.59 Å². The van der Waals surface area contributed by atoms with Crippen LogP contribution in [0.4, 0.5) is 4.79 Å². The van der Waals surface area contributed by atoms with Crippen molar-refractivity contribution < 1.29 is 14.7 Å². The predicted octanol–water partition coefficient (Wildman–Crippen LogP) is -1.60. The van der Waals surface area contributed by atoms with Crippen LogP contribution in [0.2, 0.25) is 0 Å². The van der Waals surface area contributed by atoms with Gasteiger partial charge in [-0.05, 0) is 6.42 Å². The van der Waals surface area contributed by atoms with E-state index < -0.39 is 12.0 Å². The lowest BCUT2D eigenvalue weighted by Gasteiger charge is -2.27. The van der Waals surface area contributed by atoms with Crippen LogP contribution in [0.1, 0.15) is 6.42 Å². The number of piperazine rings is 1. The maximum absolute atomic E-state index is 11.5. The van der Waals surface area contributed by atoms with Crippen LogP contribution in [0, 0.1) is 0 Å². The number of carbonyl (C=O) groups is 2. The highest BCUT2D eigenvalue weighted by Crippen LogP contribution is 1.93. The molecule has 7 nitrogen and oxygen atoms in total. The van der Waals surface area contributed by atoms with Gasteiger partial charge >= 0.3 is 12.0 Å². The fraction of sp³-hybridized carbons (Fsp3) is 0.778. The fourth-order valence-electron chi connectivity index (χ4n) is 1.44. The third kappa shape index (κ3) is 4.03. The number of nitrogens with zero attached hydrogens (tertiary/aromatic N) is 1. The summed E-state index contributed by atoms with van der Waals surface area (Å²) in [5.74, 6) is -1.04. The van der Waals surface area contributed by atoms with Crippen molar-refractivity contribution >= 4 is 12.0 Å². The first-order valence-corrected chi connectivity index (χ1v) is 5.33. The van der Waals surface area contributed by atoms with Gasteiger partial charge in [0.15, 0.2) is 0 Å². The minimum atomic E-state index is -1.04. The summed E-state index contributed by atoms with van der Waals surface area (Å²) in [5.41, 5.74) is 5.31. The van der Waals surface area contributed by atoms with E-state index in [0.29, 0.717) is 13.1 Å². The van der Waals surface area contributed by atoms with E-state index in [4.69, 9.17) is 10.8 Å². The van der Waals surface area contributed by atoms with Gasteiger partial charge in [0.25, 0.3) is 0 Å². The van der Waals surface area contributed by atoms with E-state index in [2.05, 4.69) is 10.6 Å². The Kier molecular flexibility index (Phi) is 5.00. The van der Waals surface area contributed by atoms with Crippen molar-refractivity contribution in [3.05, 3.63) is 0 Å². The van der Waals surface area contributed by atoms with Crippen molar-refractivity contribution in [2.45, 2.75) is 12.5 Å². The second-order valence-electron chi connectivity index (χ2n) is 3.70. The monoisotopic (exact) mass is 230 g/mol. The van der Waals surface area contributed by atoms with Gasteiger partial charge in [0, 0.05) is 32.7 Å². The number of nitrogens with one attached hydrogen (secondary N) is 2. The molecule has 16 heavy (non-hydrogen) atoms. The third-order valence-corrected chi connectivity index (χ3v) is 2.45. The smallest absolute Gasteiger partial charge is 0.320 e. The highest BCUT2D eigenvalue weighted by molar-refractivity contribution is 5.75. The molecule has 1 rings (SSSR count). The van der Waals surface area contributed by atoms with Crippen LogP contribution in [0.5, 0.6) is 0 Å². The van der Waals surface area contributed by atoms with Crippen molar-refractivity contribution in [3.8, 4) is 0 Å². The molecule has 92 valence electrons. The van der Waals surface area contributed by atoms with Crippen LogP contribution in [-0.4, -0.2) is 60.8 Å². The van der Waals surface area contributed by atoms with Crippen molar-refractivity contribution in [1.82, 2.24) is 15.5 Å². The molecule has 1 fully saturated rings. The Morgan fingerprint density at radius 1 is 1.44 bits per heavy atom. The van der Waals surface area contributed by atoms with E-state index in [1.54, 1.807) is 4.90 Å². The number of aliphatic carboxylic acids is 1. The zero-order valence-electron chi connectivity index (χ0n) is 9.11. The minimum absolute atomic E-state index is 0.154. The highest BCUT2D eigenvalue weighted by Gasteiger charge is 2.16. The normalized spacial score (nSPS) is 17.9. The summed E-state index contributed by atoms with van der Waals surface area (Å²) in [7, 11) is 0. The Labute approximate surface area is 94.0 Å². The van der Waals surface area contributed by atoms with Crippen molar-refractivity contribution in [3.63, 3.8) is 0 Å². The third-order valence-electron chi connectivity index (χ3n) is 2.45. The zero-order chi connectivity index (χ0) is 12.0. The Morgan fingerprint density at radius 2 is 2.06 bits per heavy atom. The predicted molar refractivity (Wildman–Crippen MR) is 58.1 cm³/mol. The van der Waals surface area contributed by atoms with Crippen LogP contribution < -0.4 is 16.4 Å². The summed E-state index contributed by atoms with van der Waals surface area (Å²) in [4.78, 5) is 23.7. The van der Waals surface area contributed by atoms with Gasteiger partial charge in [0.1, 0.15) is 6.04 Å². The Bertz CT molecular complexity index is 253. The summed E-state index contributed by atoms with van der Waals surface area (Å²) in [6.07, 6.45) is 0.243. The summed E-state index contributed by atoms with van der Waals surface area (Å²) in [6.45, 7) is 3.23. The van der Waals surface area contributed by atoms with Gasteiger partial charge in [0.2, 0.25) is 0 Å². The molecule has 0 aromatic rings. The van der Waals surface area contributed by atoms with Gasteiger partial charge in [-0.25, -0.2) is 4.79 Å². The molecule has 0 saturated carbocycles. The molecule has 1 saturated heterocycles. The maximum atomic E-state index is 11.5. The molecule has 0 aromatic carbocycles. The summed E-state index contributed by atoms with van der Waals surface area (Å²) in [5, 5.41) is 14.3. The van der Waals surface area contributed by atoms with Gasteiger partial charge in [-0.1, -0.05) is 0 Å². The molecule has 0 radical (unpaired) electrons. The van der Waals surface area contributed by atoms with Crippen LogP contribution in [0.25, 0.3) is 0 Å². The molecule has 0 aliphatic carbocycles. The highest BCUT2D eigenvalue weighted by atomic mass is 16.4. The largest absolute Gasteiger partial charge is 0.480 e. The number of urea groups is 1. The molecular weight excluding hydrogens is 212 g/mol. The Balaban J connectivity index is 2.16. The van der Waals surface area contributed by atoms with Crippen molar-refractivity contribution in [2.24, 2.45) is 5.73 Å². The van der Waals surface area contributed by atoms with Gasteiger partial charge in [0.05, 0.1) is 0 Å². The van der Waals surface area contributed by atoms with Gasteiger partial charge in [-0.2, -0.15) is 0 Å². The average Bonchev–Trinajstić information content (AvgIpc) is 2.29. The lowest BCUT2D eigenvalue weighted by molar-refractivity contribution is -0.138. The molecule has 1 aliphatic heterocycles. The molecule has 1 aliphatic rings. The van der Waals surface area contributed by atoms with E-state index in [1.165, 1.54) is 0 Å². The molecule has 1 unspecified atom stereocenters. The summed E-state index contributed by atoms with van der Waals surface area (Å²) < 4.78 is 0. The molecule has 0 spiro atoms. The number of carboxylic acid groups (broad SMARTS) is 1. The van der Waals surface area contributed by atoms with Crippen molar-refractivity contribution in [2.75, 3.05) is 32.7 Å². The Morgan fingerprint density at radius 3 is 2.62 bits per heavy atom. The molecular formula is C9H18N4O3. The molecule has 2 amide bonds. The number of carbonyl (C=O) groups excluding carboxylic acids is 1. The number of rotatable bonds is 4. The number of carboxylic acids is 1. The first-order valence-electron chi connectivity index (χ1n) is 5.33. The summed E-state index contributed by atoms with van der Waals surface area (Å²) >= 11 is 0.